The summed E-state index contributed by atoms with van der Waals surface area (Å²) in [5, 5.41) is 8.56. The van der Waals surface area contributed by atoms with Gasteiger partial charge in [-0.1, -0.05) is 48.0 Å². The Morgan fingerprint density at radius 3 is 1.92 bits per heavy atom. The number of benzene rings is 2. The zero-order chi connectivity index (χ0) is 37.5. The Bertz CT molecular complexity index is 1460. The van der Waals surface area contributed by atoms with Gasteiger partial charge in [0.2, 0.25) is 0 Å². The van der Waals surface area contributed by atoms with Gasteiger partial charge in [-0.15, -0.1) is 0 Å². The monoisotopic (exact) mass is 738 g/mol. The van der Waals surface area contributed by atoms with Crippen molar-refractivity contribution in [1.82, 2.24) is 9.80 Å². The normalized spacial score (nSPS) is 21.0. The quantitative estimate of drug-likeness (QED) is 0.135. The number of hydrogen-bond acceptors (Lipinski definition) is 11. The maximum Gasteiger partial charge on any atom is 0.343 e. The molecule has 1 spiro atoms. The maximum absolute atomic E-state index is 13.6. The van der Waals surface area contributed by atoms with Crippen molar-refractivity contribution in [2.24, 2.45) is 0 Å². The number of hydrogen-bond donors (Lipinski definition) is 1. The van der Waals surface area contributed by atoms with Gasteiger partial charge in [-0.3, -0.25) is 9.80 Å². The van der Waals surface area contributed by atoms with Gasteiger partial charge in [0.15, 0.2) is 11.4 Å². The van der Waals surface area contributed by atoms with Gasteiger partial charge in [0.05, 0.1) is 59.0 Å². The van der Waals surface area contributed by atoms with E-state index in [-0.39, 0.29) is 18.7 Å². The molecule has 0 atom stereocenters. The lowest BCUT2D eigenvalue weighted by Crippen LogP contribution is -2.48. The third kappa shape index (κ3) is 12.3. The van der Waals surface area contributed by atoms with Gasteiger partial charge in [0.1, 0.15) is 18.8 Å². The number of aryl methyl sites for hydroxylation is 3. The van der Waals surface area contributed by atoms with Gasteiger partial charge in [0, 0.05) is 39.3 Å². The first-order chi connectivity index (χ1) is 25.7. The molecule has 1 saturated heterocycles. The van der Waals surface area contributed by atoms with Crippen LogP contribution in [-0.2, 0) is 49.4 Å². The molecule has 53 heavy (non-hydrogen) atoms. The molecule has 3 aliphatic rings. The van der Waals surface area contributed by atoms with Crippen molar-refractivity contribution >= 4 is 17.5 Å². The minimum atomic E-state index is -0.967. The summed E-state index contributed by atoms with van der Waals surface area (Å²) in [6.45, 7) is 16.0. The molecule has 0 unspecified atom stereocenters. The molecule has 2 aromatic carbocycles. The lowest BCUT2D eigenvalue weighted by Gasteiger charge is -2.37. The number of piperazine rings is 1. The van der Waals surface area contributed by atoms with Crippen LogP contribution in [0.1, 0.15) is 53.5 Å². The minimum Gasteiger partial charge on any atom is -0.488 e. The second kappa shape index (κ2) is 20.9. The Morgan fingerprint density at radius 1 is 0.792 bits per heavy atom. The molecule has 0 radical (unpaired) electrons. The van der Waals surface area contributed by atoms with Crippen LogP contribution in [0.15, 0.2) is 48.2 Å². The predicted molar refractivity (Wildman–Crippen MR) is 200 cm³/mol. The Hall–Kier alpha value is -3.36. The number of carboxylic acid groups (broad SMARTS) is 1. The van der Waals surface area contributed by atoms with Crippen molar-refractivity contribution in [1.29, 1.82) is 0 Å². The number of nitrogens with zero attached hydrogens (tertiary/aromatic N) is 2. The van der Waals surface area contributed by atoms with E-state index < -0.39 is 11.6 Å². The standard InChI is InChI=1S/C41H58N2O10/c1-31-27-32(2)37(33(3)28-31)38-39(52-29-34-7-5-4-6-8-34)41(53-40(38)46)11-9-35(10-12-41)51-26-25-49-22-21-47-19-17-42-13-15-43(16-14-42)18-20-48-23-24-50-30-36(44)45/h4-8,27-28,35H,9-26,29-30H2,1-3H3,(H,44,45). The topological polar surface area (TPSA) is 125 Å². The van der Waals surface area contributed by atoms with Crippen LogP contribution in [0, 0.1) is 20.8 Å². The van der Waals surface area contributed by atoms with Crippen LogP contribution in [-0.4, -0.2) is 137 Å². The van der Waals surface area contributed by atoms with E-state index in [1.165, 1.54) is 0 Å². The van der Waals surface area contributed by atoms with E-state index in [0.717, 1.165) is 79.9 Å². The van der Waals surface area contributed by atoms with Crippen molar-refractivity contribution in [3.05, 3.63) is 76.0 Å². The molecule has 2 aromatic rings. The van der Waals surface area contributed by atoms with E-state index in [1.54, 1.807) is 0 Å². The molecular formula is C41H58N2O10. The molecule has 12 nitrogen and oxygen atoms in total. The van der Waals surface area contributed by atoms with Crippen molar-refractivity contribution in [3.8, 4) is 0 Å². The Morgan fingerprint density at radius 2 is 1.34 bits per heavy atom. The van der Waals surface area contributed by atoms with E-state index in [9.17, 15) is 9.59 Å². The maximum atomic E-state index is 13.6. The van der Waals surface area contributed by atoms with E-state index in [2.05, 4.69) is 28.9 Å². The second-order valence-electron chi connectivity index (χ2n) is 14.2. The molecule has 0 bridgehead atoms. The number of ether oxygens (including phenoxy) is 7. The first kappa shape index (κ1) is 40.8. The lowest BCUT2D eigenvalue weighted by atomic mass is 9.80. The smallest absolute Gasteiger partial charge is 0.343 e. The molecule has 12 heteroatoms. The Balaban J connectivity index is 0.956. The van der Waals surface area contributed by atoms with Gasteiger partial charge in [0.25, 0.3) is 0 Å². The molecule has 2 heterocycles. The zero-order valence-corrected chi connectivity index (χ0v) is 31.8. The number of aliphatic carboxylic acids is 1. The molecule has 1 saturated carbocycles. The molecule has 5 rings (SSSR count). The largest absolute Gasteiger partial charge is 0.488 e. The van der Waals surface area contributed by atoms with Crippen molar-refractivity contribution < 1.29 is 47.9 Å². The predicted octanol–water partition coefficient (Wildman–Crippen LogP) is 4.56. The van der Waals surface area contributed by atoms with Gasteiger partial charge >= 0.3 is 11.9 Å². The van der Waals surface area contributed by atoms with Crippen molar-refractivity contribution in [3.63, 3.8) is 0 Å². The number of carbonyl (C=O) groups is 2. The van der Waals surface area contributed by atoms with Crippen LogP contribution in [0.4, 0.5) is 0 Å². The fourth-order valence-electron chi connectivity index (χ4n) is 7.47. The molecule has 292 valence electrons. The summed E-state index contributed by atoms with van der Waals surface area (Å²) in [5.74, 6) is -0.615. The molecule has 1 aliphatic carbocycles. The molecule has 2 fully saturated rings. The highest BCUT2D eigenvalue weighted by atomic mass is 16.6. The average Bonchev–Trinajstić information content (AvgIpc) is 3.40. The Labute approximate surface area is 314 Å². The molecular weight excluding hydrogens is 680 g/mol. The summed E-state index contributed by atoms with van der Waals surface area (Å²) < 4.78 is 41.1. The number of rotatable bonds is 22. The van der Waals surface area contributed by atoms with Crippen LogP contribution in [0.5, 0.6) is 0 Å². The van der Waals surface area contributed by atoms with Crippen LogP contribution >= 0.6 is 0 Å². The van der Waals surface area contributed by atoms with Crippen molar-refractivity contribution in [2.45, 2.75) is 64.8 Å². The summed E-state index contributed by atoms with van der Waals surface area (Å²) in [6, 6.07) is 14.3. The highest BCUT2D eigenvalue weighted by Gasteiger charge is 2.52. The van der Waals surface area contributed by atoms with E-state index in [0.29, 0.717) is 83.6 Å². The molecule has 0 amide bonds. The molecule has 2 aliphatic heterocycles. The second-order valence-corrected chi connectivity index (χ2v) is 14.2. The summed E-state index contributed by atoms with van der Waals surface area (Å²) >= 11 is 0. The van der Waals surface area contributed by atoms with Crippen molar-refractivity contribution in [2.75, 3.05) is 98.7 Å². The highest BCUT2D eigenvalue weighted by molar-refractivity contribution is 6.20. The number of esters is 1. The third-order valence-corrected chi connectivity index (χ3v) is 10.1. The van der Waals surface area contributed by atoms with Crippen LogP contribution in [0.2, 0.25) is 0 Å². The summed E-state index contributed by atoms with van der Waals surface area (Å²) in [6.07, 6.45) is 2.89. The van der Waals surface area contributed by atoms with Gasteiger partial charge in [-0.05, 0) is 68.7 Å². The SMILES string of the molecule is Cc1cc(C)c(C2=C(OCc3ccccc3)C3(CCC(OCCOCCOCCN4CCN(CCOCCOCC(=O)O)CC4)CC3)OC2=O)c(C)c1. The lowest BCUT2D eigenvalue weighted by molar-refractivity contribution is -0.154. The summed E-state index contributed by atoms with van der Waals surface area (Å²) in [7, 11) is 0. The molecule has 0 aromatic heterocycles. The van der Waals surface area contributed by atoms with E-state index >= 15 is 0 Å². The fourth-order valence-corrected chi connectivity index (χ4v) is 7.47. The third-order valence-electron chi connectivity index (χ3n) is 10.1. The van der Waals surface area contributed by atoms with Gasteiger partial charge in [-0.25, -0.2) is 9.59 Å². The van der Waals surface area contributed by atoms with Gasteiger partial charge < -0.3 is 38.3 Å². The fraction of sp³-hybridized carbons (Fsp3) is 0.610. The van der Waals surface area contributed by atoms with Crippen LogP contribution < -0.4 is 0 Å². The first-order valence-electron chi connectivity index (χ1n) is 19.1. The van der Waals surface area contributed by atoms with E-state index in [4.69, 9.17) is 38.3 Å². The first-order valence-corrected chi connectivity index (χ1v) is 19.1. The van der Waals surface area contributed by atoms with Gasteiger partial charge in [-0.2, -0.15) is 0 Å². The van der Waals surface area contributed by atoms with E-state index in [1.807, 2.05) is 44.2 Å². The Kier molecular flexibility index (Phi) is 16.1. The van der Waals surface area contributed by atoms with Crippen LogP contribution in [0.3, 0.4) is 0 Å². The van der Waals surface area contributed by atoms with Crippen LogP contribution in [0.25, 0.3) is 5.57 Å². The highest BCUT2D eigenvalue weighted by Crippen LogP contribution is 2.48. The summed E-state index contributed by atoms with van der Waals surface area (Å²) in [5.41, 5.74) is 4.99. The average molecular weight is 739 g/mol. The minimum absolute atomic E-state index is 0.0690. The number of carboxylic acids is 1. The summed E-state index contributed by atoms with van der Waals surface area (Å²) in [4.78, 5) is 28.8. The molecule has 1 N–H and O–H groups in total. The number of carbonyl (C=O) groups excluding carboxylic acids is 1. The zero-order valence-electron chi connectivity index (χ0n) is 31.8.